The zero-order valence-electron chi connectivity index (χ0n) is 38.3. The number of primary amides is 2. The first-order chi connectivity index (χ1) is 34.1. The maximum absolute atomic E-state index is 14.3. The molecule has 71 heavy (non-hydrogen) atoms. The van der Waals surface area contributed by atoms with E-state index in [9.17, 15) is 37.5 Å². The number of carboxylic acid groups (broad SMARTS) is 1. The Hall–Kier alpha value is -6.96. The summed E-state index contributed by atoms with van der Waals surface area (Å²) in [5.74, 6) is -3.12. The van der Waals surface area contributed by atoms with Crippen molar-refractivity contribution in [1.29, 1.82) is 0 Å². The van der Waals surface area contributed by atoms with Crippen LogP contribution in [-0.4, -0.2) is 89.2 Å². The van der Waals surface area contributed by atoms with Crippen molar-refractivity contribution in [3.05, 3.63) is 129 Å². The standard InChI is InChI=1S/C25H25ClFN5O3.C15H18ClFN2O.C10H9N3O3/c26-17-8-3-6-15(22(17)27)12-29-25(35)20-11-14-5-4-10-18(14)32(20)21(33)13-31-19-9-2-1-7-16(19)23(30-31)24(28)34;16-11-5-1-4-10(14(11)17)8-18-15(20)13-7-9-3-2-6-12(9)19-13;11-10(16)9-6-3-1-2-4-7(6)13(12-9)5-8(14)15/h1-3,6-9,14,18,20H,4-5,10-13H2,(H2,28,34)(H,29,35);1,4-5,9,12-13,19H,2-3,6-8H2,(H,18,20);1-4H,5H2,(H2,11,16)(H,14,15)/t14-,18-,20-;9-,12-,13-;/m00./s1. The SMILES string of the molecule is NC(=O)c1nn(CC(=O)N2[C@H](C(=O)NCc3cccc(Cl)c3F)C[C@@H]3CCC[C@@H]32)c2ccccc12.NC(=O)c1nn(CC(=O)O)c2ccccc12.O=C(NCc1cccc(Cl)c1F)[C@@H]1C[C@@H]2CCC[C@@H]2N1. The number of carbonyl (C=O) groups is 6. The number of amides is 5. The predicted octanol–water partition coefficient (Wildman–Crippen LogP) is 5.86. The van der Waals surface area contributed by atoms with Crippen LogP contribution in [0.2, 0.25) is 10.0 Å². The number of nitrogens with two attached hydrogens (primary N) is 2. The molecule has 4 aromatic carbocycles. The highest BCUT2D eigenvalue weighted by Gasteiger charge is 2.48. The van der Waals surface area contributed by atoms with Gasteiger partial charge in [-0.25, -0.2) is 8.78 Å². The van der Waals surface area contributed by atoms with Gasteiger partial charge in [0.05, 0.1) is 27.1 Å². The molecule has 8 N–H and O–H groups in total. The van der Waals surface area contributed by atoms with Gasteiger partial charge in [-0.05, 0) is 74.6 Å². The lowest BCUT2D eigenvalue weighted by Crippen LogP contribution is -2.49. The lowest BCUT2D eigenvalue weighted by molar-refractivity contribution is -0.141. The van der Waals surface area contributed by atoms with Crippen LogP contribution in [0, 0.1) is 23.5 Å². The van der Waals surface area contributed by atoms with Crippen molar-refractivity contribution in [3.8, 4) is 0 Å². The van der Waals surface area contributed by atoms with Gasteiger partial charge < -0.3 is 37.4 Å². The molecule has 6 aromatic rings. The normalized spacial score (nSPS) is 20.9. The Labute approximate surface area is 416 Å². The number of halogens is 4. The zero-order chi connectivity index (χ0) is 50.5. The molecule has 0 radical (unpaired) electrons. The molecule has 2 aliphatic carbocycles. The minimum atomic E-state index is -1.02. The van der Waals surface area contributed by atoms with Crippen molar-refractivity contribution in [2.24, 2.45) is 23.3 Å². The van der Waals surface area contributed by atoms with E-state index in [1.807, 2.05) is 0 Å². The summed E-state index contributed by atoms with van der Waals surface area (Å²) in [6.07, 6.45) is 7.87. The van der Waals surface area contributed by atoms with Gasteiger partial charge in [-0.2, -0.15) is 10.2 Å². The second kappa shape index (κ2) is 22.0. The van der Waals surface area contributed by atoms with E-state index in [4.69, 9.17) is 39.8 Å². The van der Waals surface area contributed by atoms with Gasteiger partial charge in [0.2, 0.25) is 17.7 Å². The molecule has 2 aromatic heterocycles. The molecule has 4 fully saturated rings. The van der Waals surface area contributed by atoms with E-state index in [1.165, 1.54) is 34.3 Å². The molecule has 6 atom stereocenters. The first kappa shape index (κ1) is 50.4. The molecular weight excluding hydrogens is 962 g/mol. The largest absolute Gasteiger partial charge is 0.480 e. The highest BCUT2D eigenvalue weighted by Crippen LogP contribution is 2.42. The Morgan fingerprint density at radius 3 is 1.73 bits per heavy atom. The van der Waals surface area contributed by atoms with Gasteiger partial charge in [-0.1, -0.05) is 96.7 Å². The Bertz CT molecular complexity index is 3010. The quantitative estimate of drug-likeness (QED) is 0.0852. The van der Waals surface area contributed by atoms with E-state index < -0.39 is 35.5 Å². The first-order valence-corrected chi connectivity index (χ1v) is 24.1. The summed E-state index contributed by atoms with van der Waals surface area (Å²) < 4.78 is 30.7. The molecule has 0 spiro atoms. The summed E-state index contributed by atoms with van der Waals surface area (Å²) in [5, 5.41) is 27.1. The molecule has 2 saturated heterocycles. The number of hydrogen-bond acceptors (Lipinski definition) is 9. The topological polar surface area (TPSA) is 250 Å². The number of fused-ring (bicyclic) bond motifs is 4. The van der Waals surface area contributed by atoms with Gasteiger partial charge in [0.25, 0.3) is 11.8 Å². The molecule has 4 aliphatic rings. The number of likely N-dealkylation sites (tertiary alicyclic amines) is 1. The van der Waals surface area contributed by atoms with Crippen LogP contribution < -0.4 is 27.4 Å². The number of carbonyl (C=O) groups excluding carboxylic acids is 5. The van der Waals surface area contributed by atoms with Crippen molar-refractivity contribution < 1.29 is 42.7 Å². The Kier molecular flexibility index (Phi) is 15.6. The average molecular weight is 1010 g/mol. The summed E-state index contributed by atoms with van der Waals surface area (Å²) in [6.45, 7) is -0.263. The number of para-hydroxylation sites is 2. The van der Waals surface area contributed by atoms with Crippen LogP contribution in [0.5, 0.6) is 0 Å². The van der Waals surface area contributed by atoms with Crippen LogP contribution in [0.4, 0.5) is 8.78 Å². The van der Waals surface area contributed by atoms with E-state index in [-0.39, 0.29) is 88.9 Å². The highest BCUT2D eigenvalue weighted by atomic mass is 35.5. The second-order valence-corrected chi connectivity index (χ2v) is 18.9. The molecule has 2 saturated carbocycles. The van der Waals surface area contributed by atoms with Gasteiger partial charge >= 0.3 is 5.97 Å². The molecule has 21 heteroatoms. The average Bonchev–Trinajstić information content (AvgIpc) is 4.21. The molecule has 17 nitrogen and oxygen atoms in total. The van der Waals surface area contributed by atoms with Crippen LogP contribution >= 0.6 is 23.2 Å². The molecule has 372 valence electrons. The van der Waals surface area contributed by atoms with E-state index in [1.54, 1.807) is 77.7 Å². The summed E-state index contributed by atoms with van der Waals surface area (Å²) in [7, 11) is 0. The van der Waals surface area contributed by atoms with E-state index in [0.29, 0.717) is 45.7 Å². The lowest BCUT2D eigenvalue weighted by atomic mass is 10.0. The molecule has 0 bridgehead atoms. The monoisotopic (exact) mass is 1010 g/mol. The van der Waals surface area contributed by atoms with E-state index in [0.717, 1.165) is 32.1 Å². The number of hydrogen-bond donors (Lipinski definition) is 6. The van der Waals surface area contributed by atoms with Gasteiger partial charge in [0, 0.05) is 47.1 Å². The number of nitrogens with zero attached hydrogens (tertiary/aromatic N) is 5. The van der Waals surface area contributed by atoms with Crippen LogP contribution in [0.1, 0.15) is 83.5 Å². The number of benzene rings is 4. The van der Waals surface area contributed by atoms with Gasteiger partial charge in [0.15, 0.2) is 11.4 Å². The zero-order valence-corrected chi connectivity index (χ0v) is 39.8. The fourth-order valence-corrected chi connectivity index (χ4v) is 10.8. The molecule has 10 rings (SSSR count). The third-order valence-corrected chi connectivity index (χ3v) is 14.3. The third kappa shape index (κ3) is 11.2. The van der Waals surface area contributed by atoms with Gasteiger partial charge in [-0.15, -0.1) is 0 Å². The Morgan fingerprint density at radius 2 is 1.18 bits per heavy atom. The van der Waals surface area contributed by atoms with E-state index >= 15 is 0 Å². The van der Waals surface area contributed by atoms with Crippen molar-refractivity contribution in [3.63, 3.8) is 0 Å². The summed E-state index contributed by atoms with van der Waals surface area (Å²) in [4.78, 5) is 74.1. The van der Waals surface area contributed by atoms with Gasteiger partial charge in [-0.3, -0.25) is 38.1 Å². The number of aliphatic carboxylic acids is 1. The number of carboxylic acids is 1. The number of rotatable bonds is 12. The van der Waals surface area contributed by atoms with E-state index in [2.05, 4.69) is 26.1 Å². The smallest absolute Gasteiger partial charge is 0.325 e. The van der Waals surface area contributed by atoms with Gasteiger partial charge in [0.1, 0.15) is 30.8 Å². The molecule has 4 heterocycles. The summed E-state index contributed by atoms with van der Waals surface area (Å²) in [6, 6.07) is 23.1. The van der Waals surface area contributed by atoms with Crippen LogP contribution in [-0.2, 0) is 45.4 Å². The number of aromatic nitrogens is 4. The number of nitrogens with one attached hydrogen (secondary N) is 3. The van der Waals surface area contributed by atoms with Crippen molar-refractivity contribution >= 4 is 80.5 Å². The first-order valence-electron chi connectivity index (χ1n) is 23.3. The minimum absolute atomic E-state index is 0.00858. The van der Waals surface area contributed by atoms with Crippen molar-refractivity contribution in [2.45, 2.75) is 102 Å². The predicted molar refractivity (Wildman–Crippen MR) is 260 cm³/mol. The lowest BCUT2D eigenvalue weighted by Gasteiger charge is -2.29. The fourth-order valence-electron chi connectivity index (χ4n) is 10.4. The molecule has 5 amide bonds. The molecule has 2 aliphatic heterocycles. The van der Waals surface area contributed by atoms with Crippen molar-refractivity contribution in [2.75, 3.05) is 0 Å². The maximum atomic E-state index is 14.3. The second-order valence-electron chi connectivity index (χ2n) is 18.1. The maximum Gasteiger partial charge on any atom is 0.325 e. The Balaban J connectivity index is 0.000000158. The summed E-state index contributed by atoms with van der Waals surface area (Å²) in [5.41, 5.74) is 12.7. The third-order valence-electron chi connectivity index (χ3n) is 13.7. The Morgan fingerprint density at radius 1 is 0.662 bits per heavy atom. The molecular formula is C50H52Cl2F2N10O7. The summed E-state index contributed by atoms with van der Waals surface area (Å²) >= 11 is 11.6. The van der Waals surface area contributed by atoms with Crippen LogP contribution in [0.25, 0.3) is 21.8 Å². The van der Waals surface area contributed by atoms with Crippen LogP contribution in [0.15, 0.2) is 84.9 Å². The highest BCUT2D eigenvalue weighted by molar-refractivity contribution is 6.31. The molecule has 0 unspecified atom stereocenters. The van der Waals surface area contributed by atoms with Crippen molar-refractivity contribution in [1.82, 2.24) is 40.4 Å². The fraction of sp³-hybridized carbons (Fsp3) is 0.360. The van der Waals surface area contributed by atoms with Crippen LogP contribution in [0.3, 0.4) is 0 Å². The minimum Gasteiger partial charge on any atom is -0.480 e.